The molecule has 2 N–H and O–H groups in total. The molecule has 4 nitrogen and oxygen atoms in total. The number of anilines is 1. The van der Waals surface area contributed by atoms with Crippen molar-refractivity contribution in [2.45, 2.75) is 39.7 Å². The Morgan fingerprint density at radius 2 is 2.31 bits per heavy atom. The van der Waals surface area contributed by atoms with Crippen LogP contribution in [-0.4, -0.2) is 22.1 Å². The summed E-state index contributed by atoms with van der Waals surface area (Å²) in [7, 11) is 0. The number of hydrogen-bond donors (Lipinski definition) is 2. The SMILES string of the molecule is CC[C@@H](C)[C@H](C)Nc1nc(CC(=O)O)cs1. The van der Waals surface area contributed by atoms with E-state index in [0.29, 0.717) is 17.7 Å². The number of hydrogen-bond acceptors (Lipinski definition) is 4. The number of nitrogens with one attached hydrogen (secondary N) is 1. The summed E-state index contributed by atoms with van der Waals surface area (Å²) in [5, 5.41) is 14.5. The number of rotatable bonds is 6. The highest BCUT2D eigenvalue weighted by molar-refractivity contribution is 7.13. The Kier molecular flexibility index (Phi) is 4.73. The summed E-state index contributed by atoms with van der Waals surface area (Å²) < 4.78 is 0. The maximum absolute atomic E-state index is 10.5. The molecule has 2 atom stereocenters. The third-order valence-corrected chi connectivity index (χ3v) is 3.56. The predicted molar refractivity (Wildman–Crippen MR) is 66.0 cm³/mol. The second-order valence-electron chi connectivity index (χ2n) is 4.03. The predicted octanol–water partition coefficient (Wildman–Crippen LogP) is 2.62. The lowest BCUT2D eigenvalue weighted by molar-refractivity contribution is -0.136. The number of carboxylic acid groups (broad SMARTS) is 1. The highest BCUT2D eigenvalue weighted by Gasteiger charge is 2.12. The molecule has 0 saturated carbocycles. The summed E-state index contributed by atoms with van der Waals surface area (Å²) >= 11 is 1.46. The normalized spacial score (nSPS) is 14.4. The van der Waals surface area contributed by atoms with Gasteiger partial charge in [0.05, 0.1) is 12.1 Å². The summed E-state index contributed by atoms with van der Waals surface area (Å²) in [6, 6.07) is 0.355. The Morgan fingerprint density at radius 1 is 1.62 bits per heavy atom. The lowest BCUT2D eigenvalue weighted by Crippen LogP contribution is -2.23. The zero-order chi connectivity index (χ0) is 12.1. The van der Waals surface area contributed by atoms with Crippen molar-refractivity contribution < 1.29 is 9.90 Å². The van der Waals surface area contributed by atoms with E-state index in [2.05, 4.69) is 31.1 Å². The number of nitrogens with zero attached hydrogens (tertiary/aromatic N) is 1. The quantitative estimate of drug-likeness (QED) is 0.805. The molecule has 0 radical (unpaired) electrons. The summed E-state index contributed by atoms with van der Waals surface area (Å²) in [4.78, 5) is 14.7. The Morgan fingerprint density at radius 3 is 2.88 bits per heavy atom. The molecule has 0 aromatic carbocycles. The monoisotopic (exact) mass is 242 g/mol. The standard InChI is InChI=1S/C11H18N2O2S/c1-4-7(2)8(3)12-11-13-9(6-16-11)5-10(14)15/h6-8H,4-5H2,1-3H3,(H,12,13)(H,14,15)/t7-,8+/m1/s1. The van der Waals surface area contributed by atoms with Crippen molar-refractivity contribution in [2.24, 2.45) is 5.92 Å². The van der Waals surface area contributed by atoms with Gasteiger partial charge in [-0.15, -0.1) is 11.3 Å². The van der Waals surface area contributed by atoms with E-state index in [9.17, 15) is 4.79 Å². The van der Waals surface area contributed by atoms with Crippen molar-refractivity contribution in [2.75, 3.05) is 5.32 Å². The molecule has 16 heavy (non-hydrogen) atoms. The molecule has 0 aliphatic heterocycles. The molecular weight excluding hydrogens is 224 g/mol. The fourth-order valence-corrected chi connectivity index (χ4v) is 2.11. The molecule has 0 amide bonds. The first-order valence-corrected chi connectivity index (χ1v) is 6.33. The van der Waals surface area contributed by atoms with Crippen molar-refractivity contribution in [1.29, 1.82) is 0 Å². The van der Waals surface area contributed by atoms with Gasteiger partial charge in [0.25, 0.3) is 0 Å². The van der Waals surface area contributed by atoms with Gasteiger partial charge >= 0.3 is 5.97 Å². The van der Waals surface area contributed by atoms with E-state index in [4.69, 9.17) is 5.11 Å². The van der Waals surface area contributed by atoms with Gasteiger partial charge in [-0.1, -0.05) is 20.3 Å². The first-order chi connectivity index (χ1) is 7.52. The molecule has 90 valence electrons. The van der Waals surface area contributed by atoms with Crippen LogP contribution in [0.25, 0.3) is 0 Å². The van der Waals surface area contributed by atoms with Crippen molar-refractivity contribution in [1.82, 2.24) is 4.98 Å². The van der Waals surface area contributed by atoms with Crippen LogP contribution in [0.3, 0.4) is 0 Å². The summed E-state index contributed by atoms with van der Waals surface area (Å²) in [5.41, 5.74) is 0.622. The molecule has 0 saturated heterocycles. The smallest absolute Gasteiger partial charge is 0.309 e. The third-order valence-electron chi connectivity index (χ3n) is 2.73. The van der Waals surface area contributed by atoms with Gasteiger partial charge in [-0.2, -0.15) is 0 Å². The minimum absolute atomic E-state index is 0.00408. The lowest BCUT2D eigenvalue weighted by atomic mass is 10.0. The molecule has 0 fully saturated rings. The Hall–Kier alpha value is -1.10. The molecule has 0 unspecified atom stereocenters. The van der Waals surface area contributed by atoms with Gasteiger partial charge in [-0.25, -0.2) is 4.98 Å². The van der Waals surface area contributed by atoms with E-state index in [0.717, 1.165) is 11.6 Å². The fourth-order valence-electron chi connectivity index (χ4n) is 1.30. The minimum atomic E-state index is -0.841. The molecular formula is C11H18N2O2S. The van der Waals surface area contributed by atoms with Gasteiger partial charge in [0.1, 0.15) is 0 Å². The van der Waals surface area contributed by atoms with Crippen LogP contribution < -0.4 is 5.32 Å². The maximum atomic E-state index is 10.5. The first kappa shape index (κ1) is 13.0. The van der Waals surface area contributed by atoms with Gasteiger partial charge in [0.2, 0.25) is 0 Å². The van der Waals surface area contributed by atoms with Crippen molar-refractivity contribution in [3.8, 4) is 0 Å². The van der Waals surface area contributed by atoms with Crippen LogP contribution in [0.5, 0.6) is 0 Å². The number of aromatic nitrogens is 1. The Balaban J connectivity index is 2.54. The second-order valence-corrected chi connectivity index (χ2v) is 4.89. The van der Waals surface area contributed by atoms with E-state index in [-0.39, 0.29) is 6.42 Å². The van der Waals surface area contributed by atoms with Crippen LogP contribution in [-0.2, 0) is 11.2 Å². The minimum Gasteiger partial charge on any atom is -0.481 e. The topological polar surface area (TPSA) is 62.2 Å². The van der Waals surface area contributed by atoms with Gasteiger partial charge in [-0.05, 0) is 12.8 Å². The first-order valence-electron chi connectivity index (χ1n) is 5.45. The average Bonchev–Trinajstić information content (AvgIpc) is 2.63. The Labute approximate surface area is 99.7 Å². The van der Waals surface area contributed by atoms with E-state index >= 15 is 0 Å². The van der Waals surface area contributed by atoms with Gasteiger partial charge in [0.15, 0.2) is 5.13 Å². The zero-order valence-corrected chi connectivity index (χ0v) is 10.7. The van der Waals surface area contributed by atoms with E-state index in [1.165, 1.54) is 11.3 Å². The number of carboxylic acids is 1. The van der Waals surface area contributed by atoms with E-state index in [1.807, 2.05) is 0 Å². The maximum Gasteiger partial charge on any atom is 0.309 e. The van der Waals surface area contributed by atoms with E-state index < -0.39 is 5.97 Å². The van der Waals surface area contributed by atoms with E-state index in [1.54, 1.807) is 5.38 Å². The Bertz CT molecular complexity index is 352. The summed E-state index contributed by atoms with van der Waals surface area (Å²) in [6.45, 7) is 6.45. The van der Waals surface area contributed by atoms with Crippen LogP contribution in [0.2, 0.25) is 0 Å². The third kappa shape index (κ3) is 3.81. The second kappa shape index (κ2) is 5.84. The molecule has 5 heteroatoms. The van der Waals surface area contributed by atoms with Crippen LogP contribution in [0, 0.1) is 5.92 Å². The summed E-state index contributed by atoms with van der Waals surface area (Å²) in [6.07, 6.45) is 1.11. The van der Waals surface area contributed by atoms with Gasteiger partial charge < -0.3 is 10.4 Å². The van der Waals surface area contributed by atoms with Crippen LogP contribution in [0.1, 0.15) is 32.9 Å². The fraction of sp³-hybridized carbons (Fsp3) is 0.636. The largest absolute Gasteiger partial charge is 0.481 e. The van der Waals surface area contributed by atoms with Crippen LogP contribution in [0.4, 0.5) is 5.13 Å². The van der Waals surface area contributed by atoms with Crippen molar-refractivity contribution in [3.63, 3.8) is 0 Å². The number of thiazole rings is 1. The molecule has 1 aromatic heterocycles. The molecule has 0 aliphatic rings. The van der Waals surface area contributed by atoms with Crippen LogP contribution >= 0.6 is 11.3 Å². The average molecular weight is 242 g/mol. The highest BCUT2D eigenvalue weighted by atomic mass is 32.1. The number of carbonyl (C=O) groups is 1. The number of aliphatic carboxylic acids is 1. The van der Waals surface area contributed by atoms with Crippen LogP contribution in [0.15, 0.2) is 5.38 Å². The van der Waals surface area contributed by atoms with Gasteiger partial charge in [0, 0.05) is 11.4 Å². The molecule has 1 rings (SSSR count). The lowest BCUT2D eigenvalue weighted by Gasteiger charge is -2.18. The van der Waals surface area contributed by atoms with Crippen molar-refractivity contribution >= 4 is 22.4 Å². The summed E-state index contributed by atoms with van der Waals surface area (Å²) in [5.74, 6) is -0.265. The van der Waals surface area contributed by atoms with Crippen molar-refractivity contribution in [3.05, 3.63) is 11.1 Å². The molecule has 0 spiro atoms. The molecule has 0 bridgehead atoms. The zero-order valence-electron chi connectivity index (χ0n) is 9.86. The van der Waals surface area contributed by atoms with Gasteiger partial charge in [-0.3, -0.25) is 4.79 Å². The molecule has 1 aromatic rings. The highest BCUT2D eigenvalue weighted by Crippen LogP contribution is 2.19. The molecule has 1 heterocycles. The molecule has 0 aliphatic carbocycles.